The molecular weight excluding hydrogens is 368 g/mol. The van der Waals surface area contributed by atoms with Crippen molar-refractivity contribution in [1.29, 1.82) is 0 Å². The number of hydrogen-bond donors (Lipinski definition) is 1. The lowest BCUT2D eigenvalue weighted by Crippen LogP contribution is -2.33. The Morgan fingerprint density at radius 1 is 1.19 bits per heavy atom. The number of carboxylic acid groups (broad SMARTS) is 1. The number of rotatable bonds is 5. The Morgan fingerprint density at radius 3 is 2.74 bits per heavy atom. The Morgan fingerprint density at radius 2 is 1.96 bits per heavy atom. The van der Waals surface area contributed by atoms with Crippen LogP contribution >= 0.6 is 11.6 Å². The predicted octanol–water partition coefficient (Wildman–Crippen LogP) is 4.60. The Balaban J connectivity index is 1.62. The molecule has 1 aliphatic rings. The maximum atomic E-state index is 12.4. The summed E-state index contributed by atoms with van der Waals surface area (Å²) in [5, 5.41) is 9.77. The molecule has 1 aromatic heterocycles. The van der Waals surface area contributed by atoms with Crippen LogP contribution in [0.1, 0.15) is 12.8 Å². The van der Waals surface area contributed by atoms with Crippen LogP contribution in [0.2, 0.25) is 5.02 Å². The van der Waals surface area contributed by atoms with Gasteiger partial charge in [0.15, 0.2) is 11.0 Å². The summed E-state index contributed by atoms with van der Waals surface area (Å²) in [6, 6.07) is 13.8. The molecule has 0 amide bonds. The number of halogens is 1. The first-order chi connectivity index (χ1) is 13.0. The SMILES string of the molecule is O=c1cc(-c2ccccc2OC[C@H]2C[C@H](C(=O)O)C2)oc2c(Cl)cccc12. The van der Waals surface area contributed by atoms with Crippen LogP contribution in [0.4, 0.5) is 0 Å². The highest BCUT2D eigenvalue weighted by atomic mass is 35.5. The lowest BCUT2D eigenvalue weighted by atomic mass is 9.75. The number of hydrogen-bond acceptors (Lipinski definition) is 4. The van der Waals surface area contributed by atoms with E-state index in [4.69, 9.17) is 25.9 Å². The number of fused-ring (bicyclic) bond motifs is 1. The summed E-state index contributed by atoms with van der Waals surface area (Å²) in [4.78, 5) is 23.4. The van der Waals surface area contributed by atoms with E-state index < -0.39 is 5.97 Å². The molecule has 0 unspecified atom stereocenters. The lowest BCUT2D eigenvalue weighted by molar-refractivity contribution is -0.146. The van der Waals surface area contributed by atoms with Gasteiger partial charge in [0.1, 0.15) is 11.5 Å². The molecule has 0 atom stereocenters. The van der Waals surface area contributed by atoms with Crippen LogP contribution in [0.5, 0.6) is 5.75 Å². The van der Waals surface area contributed by atoms with E-state index in [1.54, 1.807) is 24.3 Å². The molecule has 27 heavy (non-hydrogen) atoms. The van der Waals surface area contributed by atoms with Crippen LogP contribution < -0.4 is 10.2 Å². The zero-order chi connectivity index (χ0) is 19.0. The van der Waals surface area contributed by atoms with Crippen molar-refractivity contribution in [1.82, 2.24) is 0 Å². The molecule has 5 nitrogen and oxygen atoms in total. The largest absolute Gasteiger partial charge is 0.493 e. The van der Waals surface area contributed by atoms with Gasteiger partial charge in [-0.25, -0.2) is 0 Å². The smallest absolute Gasteiger partial charge is 0.306 e. The van der Waals surface area contributed by atoms with Gasteiger partial charge in [-0.2, -0.15) is 0 Å². The van der Waals surface area contributed by atoms with Crippen molar-refractivity contribution in [2.45, 2.75) is 12.8 Å². The Hall–Kier alpha value is -2.79. The molecule has 4 rings (SSSR count). The van der Waals surface area contributed by atoms with E-state index in [0.29, 0.717) is 52.5 Å². The number of para-hydroxylation sites is 2. The van der Waals surface area contributed by atoms with Crippen molar-refractivity contribution < 1.29 is 19.1 Å². The molecule has 0 spiro atoms. The first-order valence-electron chi connectivity index (χ1n) is 8.70. The number of aliphatic carboxylic acids is 1. The molecule has 0 saturated heterocycles. The maximum absolute atomic E-state index is 12.4. The van der Waals surface area contributed by atoms with E-state index in [1.807, 2.05) is 18.2 Å². The number of ether oxygens (including phenoxy) is 1. The van der Waals surface area contributed by atoms with Crippen molar-refractivity contribution >= 4 is 28.5 Å². The first-order valence-corrected chi connectivity index (χ1v) is 9.08. The van der Waals surface area contributed by atoms with Gasteiger partial charge in [-0.15, -0.1) is 0 Å². The third kappa shape index (κ3) is 3.43. The molecule has 138 valence electrons. The molecule has 0 aliphatic heterocycles. The van der Waals surface area contributed by atoms with E-state index in [9.17, 15) is 9.59 Å². The topological polar surface area (TPSA) is 76.7 Å². The molecule has 1 heterocycles. The molecular formula is C21H17ClO5. The van der Waals surface area contributed by atoms with E-state index in [0.717, 1.165) is 0 Å². The van der Waals surface area contributed by atoms with E-state index in [1.165, 1.54) is 6.07 Å². The number of carboxylic acids is 1. The summed E-state index contributed by atoms with van der Waals surface area (Å²) in [6.07, 6.45) is 1.25. The van der Waals surface area contributed by atoms with Gasteiger partial charge in [0, 0.05) is 6.07 Å². The highest BCUT2D eigenvalue weighted by Crippen LogP contribution is 2.36. The fourth-order valence-electron chi connectivity index (χ4n) is 3.35. The van der Waals surface area contributed by atoms with E-state index in [2.05, 4.69) is 0 Å². The van der Waals surface area contributed by atoms with Crippen molar-refractivity contribution in [3.05, 3.63) is 63.8 Å². The highest BCUT2D eigenvalue weighted by molar-refractivity contribution is 6.34. The van der Waals surface area contributed by atoms with Crippen molar-refractivity contribution in [2.24, 2.45) is 11.8 Å². The Bertz CT molecular complexity index is 1070. The van der Waals surface area contributed by atoms with Gasteiger partial charge in [0.2, 0.25) is 0 Å². The summed E-state index contributed by atoms with van der Waals surface area (Å²) in [5.74, 6) is 0.173. The molecule has 3 aromatic rings. The summed E-state index contributed by atoms with van der Waals surface area (Å²) in [7, 11) is 0. The average Bonchev–Trinajstić information content (AvgIpc) is 2.61. The van der Waals surface area contributed by atoms with Gasteiger partial charge in [-0.3, -0.25) is 9.59 Å². The monoisotopic (exact) mass is 384 g/mol. The summed E-state index contributed by atoms with van der Waals surface area (Å²) >= 11 is 6.18. The van der Waals surface area contributed by atoms with E-state index >= 15 is 0 Å². The maximum Gasteiger partial charge on any atom is 0.306 e. The number of benzene rings is 2. The standard InChI is InChI=1S/C21H17ClO5/c22-16-6-3-5-14-17(23)10-19(27-20(14)16)15-4-1-2-7-18(15)26-11-12-8-13(9-12)21(24)25/h1-7,10,12-13H,8-9,11H2,(H,24,25)/t12-,13-. The second-order valence-corrected chi connectivity index (χ2v) is 7.18. The average molecular weight is 385 g/mol. The molecule has 0 radical (unpaired) electrons. The van der Waals surface area contributed by atoms with Gasteiger partial charge in [0.05, 0.1) is 28.5 Å². The molecule has 1 fully saturated rings. The highest BCUT2D eigenvalue weighted by Gasteiger charge is 2.34. The minimum absolute atomic E-state index is 0.174. The molecule has 1 saturated carbocycles. The van der Waals surface area contributed by atoms with Crippen LogP contribution in [0.3, 0.4) is 0 Å². The van der Waals surface area contributed by atoms with Gasteiger partial charge in [-0.1, -0.05) is 29.8 Å². The summed E-state index contributed by atoms with van der Waals surface area (Å²) in [5.41, 5.74) is 0.831. The zero-order valence-corrected chi connectivity index (χ0v) is 15.1. The molecule has 1 N–H and O–H groups in total. The third-order valence-corrected chi connectivity index (χ3v) is 5.22. The lowest BCUT2D eigenvalue weighted by Gasteiger charge is -2.32. The number of carbonyl (C=O) groups is 1. The molecule has 2 aromatic carbocycles. The zero-order valence-electron chi connectivity index (χ0n) is 14.4. The minimum atomic E-state index is -0.749. The van der Waals surface area contributed by atoms with Crippen molar-refractivity contribution in [2.75, 3.05) is 6.61 Å². The third-order valence-electron chi connectivity index (χ3n) is 4.92. The minimum Gasteiger partial charge on any atom is -0.493 e. The first kappa shape index (κ1) is 17.6. The van der Waals surface area contributed by atoms with Gasteiger partial charge >= 0.3 is 5.97 Å². The van der Waals surface area contributed by atoms with Gasteiger partial charge in [0.25, 0.3) is 0 Å². The molecule has 1 aliphatic carbocycles. The quantitative estimate of drug-likeness (QED) is 0.695. The fourth-order valence-corrected chi connectivity index (χ4v) is 3.57. The van der Waals surface area contributed by atoms with Crippen LogP contribution in [0.25, 0.3) is 22.3 Å². The normalized spacial score (nSPS) is 18.9. The summed E-state index contributed by atoms with van der Waals surface area (Å²) in [6.45, 7) is 0.430. The van der Waals surface area contributed by atoms with Crippen LogP contribution in [0.15, 0.2) is 57.7 Å². The van der Waals surface area contributed by atoms with Gasteiger partial charge < -0.3 is 14.3 Å². The Labute approximate surface area is 160 Å². The van der Waals surface area contributed by atoms with Crippen LogP contribution in [-0.4, -0.2) is 17.7 Å². The van der Waals surface area contributed by atoms with Crippen molar-refractivity contribution in [3.8, 4) is 17.1 Å². The second kappa shape index (κ2) is 7.08. The summed E-state index contributed by atoms with van der Waals surface area (Å²) < 4.78 is 11.8. The molecule has 0 bridgehead atoms. The predicted molar refractivity (Wildman–Crippen MR) is 102 cm³/mol. The molecule has 6 heteroatoms. The van der Waals surface area contributed by atoms with Gasteiger partial charge in [-0.05, 0) is 43.0 Å². The fraction of sp³-hybridized carbons (Fsp3) is 0.238. The van der Waals surface area contributed by atoms with Crippen molar-refractivity contribution in [3.63, 3.8) is 0 Å². The second-order valence-electron chi connectivity index (χ2n) is 6.77. The van der Waals surface area contributed by atoms with E-state index in [-0.39, 0.29) is 17.3 Å². The van der Waals surface area contributed by atoms with Crippen LogP contribution in [-0.2, 0) is 4.79 Å². The van der Waals surface area contributed by atoms with Crippen LogP contribution in [0, 0.1) is 11.8 Å². The Kier molecular flexibility index (Phi) is 4.62.